The number of β-amino-alcohol motifs (C(OH)–C–C–N with tert-alkyl or cyclic N) is 1. The Labute approximate surface area is 82.9 Å². The van der Waals surface area contributed by atoms with Crippen molar-refractivity contribution in [2.75, 3.05) is 19.6 Å². The molecule has 1 saturated heterocycles. The first-order valence-electron chi connectivity index (χ1n) is 5.33. The average molecular weight is 205 g/mol. The summed E-state index contributed by atoms with van der Waals surface area (Å²) in [5, 5.41) is 9.29. The molecule has 0 aromatic rings. The third-order valence-corrected chi connectivity index (χ3v) is 3.27. The van der Waals surface area contributed by atoms with Crippen molar-refractivity contribution in [1.29, 1.82) is 0 Å². The Morgan fingerprint density at radius 1 is 1.36 bits per heavy atom. The molecular formula is C10H17F2NO. The van der Waals surface area contributed by atoms with Crippen LogP contribution in [0.4, 0.5) is 8.78 Å². The van der Waals surface area contributed by atoms with Crippen molar-refractivity contribution in [2.45, 2.75) is 37.7 Å². The van der Waals surface area contributed by atoms with Crippen molar-refractivity contribution in [3.8, 4) is 0 Å². The third-order valence-electron chi connectivity index (χ3n) is 3.27. The summed E-state index contributed by atoms with van der Waals surface area (Å²) in [6.07, 6.45) is 1.29. The molecule has 0 bridgehead atoms. The zero-order chi connectivity index (χ0) is 10.2. The average Bonchev–Trinajstić information content (AvgIpc) is 2.59. The van der Waals surface area contributed by atoms with E-state index in [-0.39, 0.29) is 24.9 Å². The minimum Gasteiger partial charge on any atom is -0.392 e. The van der Waals surface area contributed by atoms with Crippen LogP contribution in [0.2, 0.25) is 0 Å². The van der Waals surface area contributed by atoms with Crippen LogP contribution in [-0.2, 0) is 0 Å². The number of rotatable bonds is 2. The predicted octanol–water partition coefficient (Wildman–Crippen LogP) is 1.49. The zero-order valence-corrected chi connectivity index (χ0v) is 8.25. The van der Waals surface area contributed by atoms with Gasteiger partial charge >= 0.3 is 0 Å². The smallest absolute Gasteiger partial charge is 0.248 e. The predicted molar refractivity (Wildman–Crippen MR) is 49.4 cm³/mol. The molecule has 2 nitrogen and oxygen atoms in total. The van der Waals surface area contributed by atoms with Gasteiger partial charge < -0.3 is 10.0 Å². The molecule has 14 heavy (non-hydrogen) atoms. The molecule has 2 fully saturated rings. The Morgan fingerprint density at radius 2 is 2.14 bits per heavy atom. The molecule has 0 aromatic heterocycles. The Balaban J connectivity index is 1.76. The first-order valence-corrected chi connectivity index (χ1v) is 5.33. The first kappa shape index (κ1) is 10.3. The van der Waals surface area contributed by atoms with Crippen molar-refractivity contribution in [1.82, 2.24) is 4.90 Å². The molecule has 0 radical (unpaired) electrons. The summed E-state index contributed by atoms with van der Waals surface area (Å²) in [4.78, 5) is 2.11. The molecule has 1 aliphatic carbocycles. The van der Waals surface area contributed by atoms with E-state index in [0.29, 0.717) is 13.0 Å². The number of alkyl halides is 2. The standard InChI is InChI=1S/C10H17F2NO/c11-10(12)3-1-8(5-10)6-13-4-2-9(14)7-13/h8-9,14H,1-7H2/t8?,9-/m1/s1. The number of aliphatic hydroxyl groups excluding tert-OH is 1. The van der Waals surface area contributed by atoms with Crippen LogP contribution in [0.15, 0.2) is 0 Å². The van der Waals surface area contributed by atoms with Gasteiger partial charge in [0.05, 0.1) is 6.10 Å². The van der Waals surface area contributed by atoms with Crippen LogP contribution >= 0.6 is 0 Å². The van der Waals surface area contributed by atoms with Gasteiger partial charge in [-0.05, 0) is 18.8 Å². The third kappa shape index (κ3) is 2.42. The van der Waals surface area contributed by atoms with E-state index in [1.165, 1.54) is 0 Å². The van der Waals surface area contributed by atoms with Gasteiger partial charge in [-0.1, -0.05) is 0 Å². The van der Waals surface area contributed by atoms with Gasteiger partial charge in [0.1, 0.15) is 0 Å². The maximum Gasteiger partial charge on any atom is 0.248 e. The second-order valence-electron chi connectivity index (χ2n) is 4.67. The van der Waals surface area contributed by atoms with Crippen LogP contribution < -0.4 is 0 Å². The molecular weight excluding hydrogens is 188 g/mol. The van der Waals surface area contributed by atoms with Crippen molar-refractivity contribution in [2.24, 2.45) is 5.92 Å². The van der Waals surface area contributed by atoms with Gasteiger partial charge in [0.2, 0.25) is 5.92 Å². The molecule has 1 heterocycles. The lowest BCUT2D eigenvalue weighted by atomic mass is 10.1. The van der Waals surface area contributed by atoms with E-state index in [4.69, 9.17) is 0 Å². The summed E-state index contributed by atoms with van der Waals surface area (Å²) < 4.78 is 25.8. The Morgan fingerprint density at radius 3 is 2.64 bits per heavy atom. The van der Waals surface area contributed by atoms with Gasteiger partial charge in [0.25, 0.3) is 0 Å². The molecule has 2 rings (SSSR count). The van der Waals surface area contributed by atoms with Crippen molar-refractivity contribution < 1.29 is 13.9 Å². The molecule has 0 spiro atoms. The molecule has 1 N–H and O–H groups in total. The highest BCUT2D eigenvalue weighted by atomic mass is 19.3. The minimum atomic E-state index is -2.43. The van der Waals surface area contributed by atoms with Crippen molar-refractivity contribution >= 4 is 0 Å². The van der Waals surface area contributed by atoms with Gasteiger partial charge in [0.15, 0.2) is 0 Å². The summed E-state index contributed by atoms with van der Waals surface area (Å²) in [7, 11) is 0. The number of aliphatic hydroxyl groups is 1. The van der Waals surface area contributed by atoms with Crippen LogP contribution in [0, 0.1) is 5.92 Å². The van der Waals surface area contributed by atoms with Crippen molar-refractivity contribution in [3.05, 3.63) is 0 Å². The second-order valence-corrected chi connectivity index (χ2v) is 4.67. The van der Waals surface area contributed by atoms with E-state index in [0.717, 1.165) is 19.5 Å². The zero-order valence-electron chi connectivity index (χ0n) is 8.25. The largest absolute Gasteiger partial charge is 0.392 e. The van der Waals surface area contributed by atoms with E-state index in [2.05, 4.69) is 4.90 Å². The van der Waals surface area contributed by atoms with Crippen LogP contribution in [0.5, 0.6) is 0 Å². The SMILES string of the molecule is O[C@@H]1CCN(CC2CCC(F)(F)C2)C1. The fourth-order valence-corrected chi connectivity index (χ4v) is 2.54. The number of halogens is 2. The highest BCUT2D eigenvalue weighted by molar-refractivity contribution is 4.85. The van der Waals surface area contributed by atoms with Gasteiger partial charge in [-0.2, -0.15) is 0 Å². The summed E-state index contributed by atoms with van der Waals surface area (Å²) >= 11 is 0. The first-order chi connectivity index (χ1) is 6.55. The van der Waals surface area contributed by atoms with E-state index < -0.39 is 5.92 Å². The van der Waals surface area contributed by atoms with Gasteiger partial charge in [-0.15, -0.1) is 0 Å². The number of hydrogen-bond acceptors (Lipinski definition) is 2. The summed E-state index contributed by atoms with van der Waals surface area (Å²) in [5.41, 5.74) is 0. The summed E-state index contributed by atoms with van der Waals surface area (Å²) in [5.74, 6) is -2.29. The highest BCUT2D eigenvalue weighted by Crippen LogP contribution is 2.39. The Kier molecular flexibility index (Phi) is 2.75. The lowest BCUT2D eigenvalue weighted by Gasteiger charge is -2.19. The molecule has 1 unspecified atom stereocenters. The fourth-order valence-electron chi connectivity index (χ4n) is 2.54. The topological polar surface area (TPSA) is 23.5 Å². The van der Waals surface area contributed by atoms with Crippen molar-refractivity contribution in [3.63, 3.8) is 0 Å². The van der Waals surface area contributed by atoms with Gasteiger partial charge in [-0.25, -0.2) is 8.78 Å². The second kappa shape index (κ2) is 3.74. The van der Waals surface area contributed by atoms with Gasteiger partial charge in [-0.3, -0.25) is 0 Å². The fraction of sp³-hybridized carbons (Fsp3) is 1.00. The number of likely N-dealkylation sites (tertiary alicyclic amines) is 1. The number of hydrogen-bond donors (Lipinski definition) is 1. The Bertz CT molecular complexity index is 210. The van der Waals surface area contributed by atoms with E-state index in [1.807, 2.05) is 0 Å². The quantitative estimate of drug-likeness (QED) is 0.738. The molecule has 0 amide bonds. The molecule has 0 aromatic carbocycles. The normalized spacial score (nSPS) is 37.9. The molecule has 2 aliphatic rings. The van der Waals surface area contributed by atoms with Crippen LogP contribution in [0.25, 0.3) is 0 Å². The highest BCUT2D eigenvalue weighted by Gasteiger charge is 2.40. The van der Waals surface area contributed by atoms with E-state index in [9.17, 15) is 13.9 Å². The Hall–Kier alpha value is -0.220. The molecule has 1 aliphatic heterocycles. The molecule has 2 atom stereocenters. The summed E-state index contributed by atoms with van der Waals surface area (Å²) in [6.45, 7) is 2.28. The lowest BCUT2D eigenvalue weighted by molar-refractivity contribution is 0.00365. The lowest BCUT2D eigenvalue weighted by Crippen LogP contribution is -2.28. The van der Waals surface area contributed by atoms with Crippen LogP contribution in [0.3, 0.4) is 0 Å². The van der Waals surface area contributed by atoms with Crippen LogP contribution in [-0.4, -0.2) is 41.7 Å². The minimum absolute atomic E-state index is 0.0413. The summed E-state index contributed by atoms with van der Waals surface area (Å²) in [6, 6.07) is 0. The molecule has 82 valence electrons. The molecule has 1 saturated carbocycles. The maximum absolute atomic E-state index is 12.9. The monoisotopic (exact) mass is 205 g/mol. The van der Waals surface area contributed by atoms with Crippen LogP contribution in [0.1, 0.15) is 25.7 Å². The maximum atomic E-state index is 12.9. The van der Waals surface area contributed by atoms with E-state index in [1.54, 1.807) is 0 Å². The number of nitrogens with zero attached hydrogens (tertiary/aromatic N) is 1. The van der Waals surface area contributed by atoms with Gasteiger partial charge in [0, 0.05) is 32.5 Å². The van der Waals surface area contributed by atoms with E-state index >= 15 is 0 Å². The molecule has 4 heteroatoms.